The maximum Gasteiger partial charge on any atom is 0.460 e. The lowest BCUT2D eigenvalue weighted by Gasteiger charge is -2.41. The molecule has 0 aliphatic heterocycles. The van der Waals surface area contributed by atoms with Crippen LogP contribution >= 0.6 is 0 Å². The lowest BCUT2D eigenvalue weighted by atomic mass is 9.89. The molecule has 0 atom stereocenters. The summed E-state index contributed by atoms with van der Waals surface area (Å²) >= 11 is 0. The second kappa shape index (κ2) is 10.6. The van der Waals surface area contributed by atoms with Gasteiger partial charge in [-0.1, -0.05) is 0 Å². The Morgan fingerprint density at radius 2 is 0.304 bits per heavy atom. The van der Waals surface area contributed by atoms with E-state index in [0.29, 0.717) is 0 Å². The third-order valence-corrected chi connectivity index (χ3v) is 5.21. The van der Waals surface area contributed by atoms with Crippen LogP contribution in [0, 0.1) is 0 Å². The van der Waals surface area contributed by atoms with Gasteiger partial charge >= 0.3 is 83.4 Å². The van der Waals surface area contributed by atoms with Crippen molar-refractivity contribution in [1.82, 2.24) is 0 Å². The van der Waals surface area contributed by atoms with Crippen molar-refractivity contribution in [2.45, 2.75) is 83.4 Å². The number of alkyl halides is 30. The first kappa shape index (κ1) is 43.6. The molecule has 0 saturated carbocycles. The van der Waals surface area contributed by atoms with Crippen LogP contribution in [-0.4, -0.2) is 83.4 Å². The summed E-state index contributed by atoms with van der Waals surface area (Å²) in [7, 11) is 0. The largest absolute Gasteiger partial charge is 0.460 e. The predicted octanol–water partition coefficient (Wildman–Crippen LogP) is 10.3. The van der Waals surface area contributed by atoms with E-state index in [4.69, 9.17) is 0 Å². The molecule has 46 heavy (non-hydrogen) atoms. The van der Waals surface area contributed by atoms with Gasteiger partial charge < -0.3 is 0 Å². The number of halogens is 30. The Morgan fingerprint density at radius 3 is 0.457 bits per heavy atom. The molecule has 0 unspecified atom stereocenters. The van der Waals surface area contributed by atoms with Gasteiger partial charge in [0.2, 0.25) is 0 Å². The zero-order chi connectivity index (χ0) is 38.4. The fourth-order valence-electron chi connectivity index (χ4n) is 2.38. The van der Waals surface area contributed by atoms with Crippen molar-refractivity contribution in [1.29, 1.82) is 0 Å². The third kappa shape index (κ3) is 5.42. The van der Waals surface area contributed by atoms with Crippen LogP contribution in [0.15, 0.2) is 12.2 Å². The fraction of sp³-hybridized carbons (Fsp3) is 0.875. The number of hydrogen-bond acceptors (Lipinski definition) is 0. The standard InChI is InChI=1S/C16H2F30/c17-3(18,5(21,22)7(25,26)9(29,30)11(33,34)13(37,38)15(41,42)43)1-2-4(19,20)6(23,24)8(27,28)10(31,32)12(35,36)14(39,40)16(44,45)46/h1-2H/b2-1+. The van der Waals surface area contributed by atoms with E-state index >= 15 is 0 Å². The minimum Gasteiger partial charge on any atom is -0.195 e. The minimum absolute atomic E-state index is 3.26. The van der Waals surface area contributed by atoms with Gasteiger partial charge in [0.1, 0.15) is 0 Å². The Morgan fingerprint density at radius 1 is 0.174 bits per heavy atom. The first-order chi connectivity index (χ1) is 19.2. The van der Waals surface area contributed by atoms with Crippen LogP contribution in [-0.2, 0) is 0 Å². The summed E-state index contributed by atoms with van der Waals surface area (Å²) < 4.78 is 390. The Labute approximate surface area is 228 Å². The molecule has 0 heterocycles. The van der Waals surface area contributed by atoms with Gasteiger partial charge in [0.25, 0.3) is 0 Å². The molecule has 276 valence electrons. The number of rotatable bonds is 12. The molecule has 0 aliphatic carbocycles. The number of allylic oxidation sites excluding steroid dienone is 2. The zero-order valence-electron chi connectivity index (χ0n) is 19.5. The van der Waals surface area contributed by atoms with Crippen LogP contribution in [0.1, 0.15) is 0 Å². The van der Waals surface area contributed by atoms with Crippen LogP contribution in [0.5, 0.6) is 0 Å². The maximum atomic E-state index is 13.5. The van der Waals surface area contributed by atoms with Gasteiger partial charge in [0.15, 0.2) is 0 Å². The van der Waals surface area contributed by atoms with Crippen LogP contribution in [0.3, 0.4) is 0 Å². The van der Waals surface area contributed by atoms with Crippen molar-refractivity contribution < 1.29 is 132 Å². The van der Waals surface area contributed by atoms with Crippen LogP contribution in [0.25, 0.3) is 0 Å². The molecule has 0 saturated heterocycles. The highest BCUT2D eigenvalue weighted by Crippen LogP contribution is 2.64. The molecule has 0 aromatic heterocycles. The van der Waals surface area contributed by atoms with E-state index in [1.807, 2.05) is 0 Å². The summed E-state index contributed by atoms with van der Waals surface area (Å²) in [6.45, 7) is 0. The van der Waals surface area contributed by atoms with Gasteiger partial charge in [-0.25, -0.2) is 0 Å². The molecule has 0 bridgehead atoms. The highest BCUT2D eigenvalue weighted by Gasteiger charge is 2.95. The first-order valence-corrected chi connectivity index (χ1v) is 9.58. The van der Waals surface area contributed by atoms with E-state index in [-0.39, 0.29) is 0 Å². The Kier molecular flexibility index (Phi) is 10.0. The minimum atomic E-state index is -9.11. The molecule has 0 aliphatic rings. The maximum absolute atomic E-state index is 13.5. The van der Waals surface area contributed by atoms with E-state index in [2.05, 4.69) is 0 Å². The molecule has 0 amide bonds. The topological polar surface area (TPSA) is 0 Å². The average Bonchev–Trinajstić information content (AvgIpc) is 2.80. The van der Waals surface area contributed by atoms with Crippen molar-refractivity contribution >= 4 is 0 Å². The third-order valence-electron chi connectivity index (χ3n) is 5.21. The van der Waals surface area contributed by atoms with Crippen molar-refractivity contribution in [2.24, 2.45) is 0 Å². The summed E-state index contributed by atoms with van der Waals surface area (Å²) in [5.74, 6) is -105. The highest BCUT2D eigenvalue weighted by atomic mass is 19.4. The molecule has 0 radical (unpaired) electrons. The quantitative estimate of drug-likeness (QED) is 0.137. The predicted molar refractivity (Wildman–Crippen MR) is 80.6 cm³/mol. The second-order valence-electron chi connectivity index (χ2n) is 8.32. The molecular weight excluding hydrogens is 762 g/mol. The van der Waals surface area contributed by atoms with Gasteiger partial charge in [-0.05, 0) is 12.2 Å². The van der Waals surface area contributed by atoms with Gasteiger partial charge in [0.05, 0.1) is 0 Å². The SMILES string of the molecule is FC(F)(F)C(F)(F)C(F)(F)C(F)(F)C(F)(F)C(F)(F)C(F)(F)/C=C/C(F)(F)C(F)(F)C(F)(F)C(F)(F)C(F)(F)C(F)(F)C(F)(F)F. The van der Waals surface area contributed by atoms with Crippen molar-refractivity contribution in [3.05, 3.63) is 12.2 Å². The summed E-state index contributed by atoms with van der Waals surface area (Å²) in [5, 5.41) is 0. The smallest absolute Gasteiger partial charge is 0.195 e. The van der Waals surface area contributed by atoms with Gasteiger partial charge in [-0.15, -0.1) is 0 Å². The molecule has 0 aromatic rings. The Hall–Kier alpha value is -2.36. The molecule has 0 rings (SSSR count). The number of hydrogen-bond donors (Lipinski definition) is 0. The normalized spacial score (nSPS) is 17.3. The molecule has 0 N–H and O–H groups in total. The lowest BCUT2D eigenvalue weighted by molar-refractivity contribution is -0.450. The van der Waals surface area contributed by atoms with Gasteiger partial charge in [0, 0.05) is 0 Å². The van der Waals surface area contributed by atoms with E-state index in [0.717, 1.165) is 0 Å². The summed E-state index contributed by atoms with van der Waals surface area (Å²) in [5.41, 5.74) is 0. The fourth-order valence-corrected chi connectivity index (χ4v) is 2.38. The Balaban J connectivity index is 7.12. The molecule has 30 heteroatoms. The van der Waals surface area contributed by atoms with Gasteiger partial charge in [-0.3, -0.25) is 0 Å². The molecule has 0 aromatic carbocycles. The first-order valence-electron chi connectivity index (χ1n) is 9.58. The second-order valence-corrected chi connectivity index (χ2v) is 8.32. The average molecular weight is 764 g/mol. The molecule has 0 fully saturated rings. The van der Waals surface area contributed by atoms with Crippen LogP contribution < -0.4 is 0 Å². The van der Waals surface area contributed by atoms with Crippen LogP contribution in [0.4, 0.5) is 132 Å². The van der Waals surface area contributed by atoms with Crippen molar-refractivity contribution in [2.75, 3.05) is 0 Å². The summed E-state index contributed by atoms with van der Waals surface area (Å²) in [4.78, 5) is 0. The van der Waals surface area contributed by atoms with Crippen molar-refractivity contribution in [3.63, 3.8) is 0 Å². The zero-order valence-corrected chi connectivity index (χ0v) is 19.5. The molecule has 0 nitrogen and oxygen atoms in total. The van der Waals surface area contributed by atoms with E-state index in [1.54, 1.807) is 0 Å². The Bertz CT molecular complexity index is 1040. The van der Waals surface area contributed by atoms with E-state index in [9.17, 15) is 132 Å². The van der Waals surface area contributed by atoms with E-state index in [1.165, 1.54) is 0 Å². The molecule has 0 spiro atoms. The van der Waals surface area contributed by atoms with Crippen molar-refractivity contribution in [3.8, 4) is 0 Å². The lowest BCUT2D eigenvalue weighted by Crippen LogP contribution is -2.72. The monoisotopic (exact) mass is 764 g/mol. The van der Waals surface area contributed by atoms with E-state index < -0.39 is 95.6 Å². The van der Waals surface area contributed by atoms with Gasteiger partial charge in [-0.2, -0.15) is 132 Å². The van der Waals surface area contributed by atoms with Crippen LogP contribution in [0.2, 0.25) is 0 Å². The highest BCUT2D eigenvalue weighted by molar-refractivity contribution is 5.21. The summed E-state index contributed by atoms with van der Waals surface area (Å²) in [6, 6.07) is 0. The molecular formula is C16H2F30. The summed E-state index contributed by atoms with van der Waals surface area (Å²) in [6.07, 6.45) is -22.8.